The smallest absolute Gasteiger partial charge is 0.411 e. The Morgan fingerprint density at radius 2 is 2.05 bits per heavy atom. The van der Waals surface area contributed by atoms with Gasteiger partial charge in [0.25, 0.3) is 0 Å². The van der Waals surface area contributed by atoms with Crippen LogP contribution in [-0.4, -0.2) is 11.1 Å². The summed E-state index contributed by atoms with van der Waals surface area (Å²) in [7, 11) is 0. The van der Waals surface area contributed by atoms with Crippen LogP contribution in [0.25, 0.3) is 0 Å². The van der Waals surface area contributed by atoms with Gasteiger partial charge in [0.15, 0.2) is 0 Å². The van der Waals surface area contributed by atoms with E-state index in [1.54, 1.807) is 42.7 Å². The van der Waals surface area contributed by atoms with Gasteiger partial charge in [0, 0.05) is 23.6 Å². The average Bonchev–Trinajstić information content (AvgIpc) is 2.49. The van der Waals surface area contributed by atoms with Crippen molar-refractivity contribution >= 4 is 11.8 Å². The van der Waals surface area contributed by atoms with Gasteiger partial charge in [-0.1, -0.05) is 18.2 Å². The minimum Gasteiger partial charge on any atom is -0.444 e. The predicted molar refractivity (Wildman–Crippen MR) is 73.8 cm³/mol. The van der Waals surface area contributed by atoms with Crippen molar-refractivity contribution in [2.45, 2.75) is 13.0 Å². The second-order valence-corrected chi connectivity index (χ2v) is 4.09. The molecular formula is C15H13N3O2. The summed E-state index contributed by atoms with van der Waals surface area (Å²) in [5.41, 5.74) is 2.36. The molecule has 1 amide bonds. The van der Waals surface area contributed by atoms with E-state index in [1.807, 2.05) is 6.07 Å². The van der Waals surface area contributed by atoms with Gasteiger partial charge < -0.3 is 4.74 Å². The van der Waals surface area contributed by atoms with Crippen molar-refractivity contribution in [1.82, 2.24) is 4.98 Å². The molecule has 5 nitrogen and oxygen atoms in total. The molecule has 1 aromatic carbocycles. The zero-order chi connectivity index (χ0) is 14.2. The highest BCUT2D eigenvalue weighted by Gasteiger charge is 2.03. The lowest BCUT2D eigenvalue weighted by molar-refractivity contribution is 0.155. The van der Waals surface area contributed by atoms with E-state index in [1.165, 1.54) is 0 Å². The molecule has 0 unspecified atom stereocenters. The normalized spacial score (nSPS) is 9.55. The predicted octanol–water partition coefficient (Wildman–Crippen LogP) is 2.90. The lowest BCUT2D eigenvalue weighted by Gasteiger charge is -2.07. The van der Waals surface area contributed by atoms with E-state index in [4.69, 9.17) is 10.00 Å². The molecule has 100 valence electrons. The van der Waals surface area contributed by atoms with E-state index >= 15 is 0 Å². The van der Waals surface area contributed by atoms with Crippen molar-refractivity contribution in [2.75, 3.05) is 5.32 Å². The zero-order valence-electron chi connectivity index (χ0n) is 10.7. The lowest BCUT2D eigenvalue weighted by Crippen LogP contribution is -2.13. The first-order chi connectivity index (χ1) is 9.78. The molecule has 0 saturated carbocycles. The topological polar surface area (TPSA) is 75.0 Å². The van der Waals surface area contributed by atoms with Crippen molar-refractivity contribution in [1.29, 1.82) is 5.26 Å². The third-order valence-electron chi connectivity index (χ3n) is 2.58. The van der Waals surface area contributed by atoms with Gasteiger partial charge in [0.2, 0.25) is 0 Å². The SMILES string of the molecule is N#CCc1ccc(NC(=O)OCc2cccnc2)cc1. The van der Waals surface area contributed by atoms with Gasteiger partial charge in [-0.3, -0.25) is 10.3 Å². The second kappa shape index (κ2) is 6.90. The fourth-order valence-corrected chi connectivity index (χ4v) is 1.58. The number of hydrogen-bond donors (Lipinski definition) is 1. The Morgan fingerprint density at radius 3 is 2.70 bits per heavy atom. The van der Waals surface area contributed by atoms with Crippen LogP contribution in [0.3, 0.4) is 0 Å². The number of aromatic nitrogens is 1. The fraction of sp³-hybridized carbons (Fsp3) is 0.133. The van der Waals surface area contributed by atoms with Crippen LogP contribution < -0.4 is 5.32 Å². The number of carbonyl (C=O) groups is 1. The molecule has 0 saturated heterocycles. The van der Waals surface area contributed by atoms with Crippen molar-refractivity contribution in [3.63, 3.8) is 0 Å². The molecule has 0 fully saturated rings. The van der Waals surface area contributed by atoms with Crippen LogP contribution in [0.2, 0.25) is 0 Å². The van der Waals surface area contributed by atoms with Gasteiger partial charge in [-0.05, 0) is 23.8 Å². The van der Waals surface area contributed by atoms with Crippen LogP contribution in [0.15, 0.2) is 48.8 Å². The quantitative estimate of drug-likeness (QED) is 0.924. The van der Waals surface area contributed by atoms with Crippen LogP contribution in [0.4, 0.5) is 10.5 Å². The highest BCUT2D eigenvalue weighted by molar-refractivity contribution is 5.84. The summed E-state index contributed by atoms with van der Waals surface area (Å²) in [4.78, 5) is 15.5. The molecule has 1 N–H and O–H groups in total. The summed E-state index contributed by atoms with van der Waals surface area (Å²) in [6, 6.07) is 12.7. The summed E-state index contributed by atoms with van der Waals surface area (Å²) in [5, 5.41) is 11.2. The Morgan fingerprint density at radius 1 is 1.25 bits per heavy atom. The number of rotatable bonds is 4. The monoisotopic (exact) mass is 267 g/mol. The molecule has 0 aliphatic heterocycles. The molecule has 5 heteroatoms. The number of nitrogens with one attached hydrogen (secondary N) is 1. The van der Waals surface area contributed by atoms with E-state index in [-0.39, 0.29) is 6.61 Å². The number of pyridine rings is 1. The summed E-state index contributed by atoms with van der Waals surface area (Å²) in [6.45, 7) is 0.173. The number of carbonyl (C=O) groups excluding carboxylic acids is 1. The lowest BCUT2D eigenvalue weighted by atomic mass is 10.1. The first-order valence-electron chi connectivity index (χ1n) is 6.06. The summed E-state index contributed by atoms with van der Waals surface area (Å²) >= 11 is 0. The molecule has 1 heterocycles. The van der Waals surface area contributed by atoms with Gasteiger partial charge in [-0.15, -0.1) is 0 Å². The fourth-order valence-electron chi connectivity index (χ4n) is 1.58. The maximum Gasteiger partial charge on any atom is 0.411 e. The maximum absolute atomic E-state index is 11.6. The van der Waals surface area contributed by atoms with E-state index in [0.717, 1.165) is 11.1 Å². The van der Waals surface area contributed by atoms with E-state index in [2.05, 4.69) is 16.4 Å². The number of ether oxygens (including phenoxy) is 1. The molecule has 0 aliphatic rings. The summed E-state index contributed by atoms with van der Waals surface area (Å²) in [5.74, 6) is 0. The molecule has 0 bridgehead atoms. The maximum atomic E-state index is 11.6. The third-order valence-corrected chi connectivity index (χ3v) is 2.58. The first-order valence-corrected chi connectivity index (χ1v) is 6.06. The van der Waals surface area contributed by atoms with E-state index < -0.39 is 6.09 Å². The molecule has 0 radical (unpaired) electrons. The molecule has 20 heavy (non-hydrogen) atoms. The largest absolute Gasteiger partial charge is 0.444 e. The third kappa shape index (κ3) is 4.10. The Balaban J connectivity index is 1.84. The number of amides is 1. The van der Waals surface area contributed by atoms with Gasteiger partial charge in [-0.25, -0.2) is 4.79 Å². The summed E-state index contributed by atoms with van der Waals surface area (Å²) < 4.78 is 5.07. The first kappa shape index (κ1) is 13.6. The van der Waals surface area contributed by atoms with Crippen LogP contribution in [0.1, 0.15) is 11.1 Å². The van der Waals surface area contributed by atoms with Gasteiger partial charge in [0.05, 0.1) is 12.5 Å². The van der Waals surface area contributed by atoms with Crippen molar-refractivity contribution in [3.8, 4) is 6.07 Å². The standard InChI is InChI=1S/C15H13N3O2/c16-8-7-12-3-5-14(6-4-12)18-15(19)20-11-13-2-1-9-17-10-13/h1-6,9-10H,7,11H2,(H,18,19). The minimum absolute atomic E-state index is 0.173. The molecule has 0 atom stereocenters. The van der Waals surface area contributed by atoms with Crippen LogP contribution >= 0.6 is 0 Å². The zero-order valence-corrected chi connectivity index (χ0v) is 10.7. The summed E-state index contributed by atoms with van der Waals surface area (Å²) in [6.07, 6.45) is 3.13. The molecule has 2 rings (SSSR count). The molecule has 1 aromatic heterocycles. The molecular weight excluding hydrogens is 254 g/mol. The van der Waals surface area contributed by atoms with Gasteiger partial charge >= 0.3 is 6.09 Å². The Labute approximate surface area is 116 Å². The Kier molecular flexibility index (Phi) is 4.68. The van der Waals surface area contributed by atoms with Crippen LogP contribution in [0, 0.1) is 11.3 Å². The van der Waals surface area contributed by atoms with Crippen molar-refractivity contribution in [2.24, 2.45) is 0 Å². The Bertz CT molecular complexity index is 603. The second-order valence-electron chi connectivity index (χ2n) is 4.09. The molecule has 2 aromatic rings. The van der Waals surface area contributed by atoms with E-state index in [0.29, 0.717) is 12.1 Å². The van der Waals surface area contributed by atoms with Gasteiger partial charge in [0.1, 0.15) is 6.61 Å². The molecule has 0 spiro atoms. The van der Waals surface area contributed by atoms with E-state index in [9.17, 15) is 4.79 Å². The number of benzene rings is 1. The van der Waals surface area contributed by atoms with Crippen LogP contribution in [-0.2, 0) is 17.8 Å². The highest BCUT2D eigenvalue weighted by atomic mass is 16.5. The number of nitriles is 1. The van der Waals surface area contributed by atoms with Crippen molar-refractivity contribution in [3.05, 3.63) is 59.9 Å². The van der Waals surface area contributed by atoms with Gasteiger partial charge in [-0.2, -0.15) is 5.26 Å². The molecule has 0 aliphatic carbocycles. The number of hydrogen-bond acceptors (Lipinski definition) is 4. The highest BCUT2D eigenvalue weighted by Crippen LogP contribution is 2.10. The Hall–Kier alpha value is -2.87. The number of nitrogens with zero attached hydrogens (tertiary/aromatic N) is 2. The van der Waals surface area contributed by atoms with Crippen molar-refractivity contribution < 1.29 is 9.53 Å². The number of anilines is 1. The van der Waals surface area contributed by atoms with Crippen LogP contribution in [0.5, 0.6) is 0 Å². The minimum atomic E-state index is -0.526. The average molecular weight is 267 g/mol.